The van der Waals surface area contributed by atoms with Crippen molar-refractivity contribution in [3.63, 3.8) is 0 Å². The fourth-order valence-electron chi connectivity index (χ4n) is 5.90. The zero-order valence-electron chi connectivity index (χ0n) is 27.0. The van der Waals surface area contributed by atoms with Gasteiger partial charge in [-0.1, -0.05) is 109 Å². The molecule has 0 saturated heterocycles. The summed E-state index contributed by atoms with van der Waals surface area (Å²) in [5, 5.41) is 30.1. The number of ether oxygens (including phenoxy) is 1. The Hall–Kier alpha value is -2.63. The first-order valence-corrected chi connectivity index (χ1v) is 16.2. The van der Waals surface area contributed by atoms with Gasteiger partial charge in [-0.3, -0.25) is 4.79 Å². The molecule has 0 saturated carbocycles. The van der Waals surface area contributed by atoms with Gasteiger partial charge in [0.2, 0.25) is 0 Å². The lowest BCUT2D eigenvalue weighted by Gasteiger charge is -2.34. The predicted octanol–water partition coefficient (Wildman–Crippen LogP) is 8.92. The average molecular weight is 581 g/mol. The van der Waals surface area contributed by atoms with Gasteiger partial charge >= 0.3 is 5.97 Å². The first-order valence-electron chi connectivity index (χ1n) is 16.2. The number of benzene rings is 2. The molecule has 2 aromatic rings. The van der Waals surface area contributed by atoms with Gasteiger partial charge < -0.3 is 20.1 Å². The smallest absolute Gasteiger partial charge is 0.303 e. The van der Waals surface area contributed by atoms with E-state index < -0.39 is 17.7 Å². The SMILES string of the molecule is CCCCCCCCC(O)(/C=C/c1ccc(C(CC)(CC)c2ccc(OC[C@@H](O)CCC(=O)O)c(C)c2)cc1C)CC. The van der Waals surface area contributed by atoms with E-state index in [0.717, 1.165) is 36.8 Å². The summed E-state index contributed by atoms with van der Waals surface area (Å²) >= 11 is 0. The van der Waals surface area contributed by atoms with Crippen molar-refractivity contribution in [3.8, 4) is 5.75 Å². The molecular formula is C37H56O5. The number of rotatable bonds is 20. The Morgan fingerprint density at radius 2 is 1.50 bits per heavy atom. The number of hydrogen-bond donors (Lipinski definition) is 3. The molecule has 0 aliphatic carbocycles. The van der Waals surface area contributed by atoms with Crippen LogP contribution < -0.4 is 4.74 Å². The molecule has 0 radical (unpaired) electrons. The summed E-state index contributed by atoms with van der Waals surface area (Å²) in [5.41, 5.74) is 4.91. The van der Waals surface area contributed by atoms with Crippen LogP contribution in [-0.4, -0.2) is 39.6 Å². The van der Waals surface area contributed by atoms with Gasteiger partial charge in [0.1, 0.15) is 12.4 Å². The molecule has 0 aliphatic heterocycles. The number of carboxylic acids is 1. The third kappa shape index (κ3) is 10.3. The summed E-state index contributed by atoms with van der Waals surface area (Å²) < 4.78 is 5.85. The van der Waals surface area contributed by atoms with Crippen LogP contribution in [0, 0.1) is 13.8 Å². The number of carboxylic acid groups (broad SMARTS) is 1. The maximum absolute atomic E-state index is 11.2. The summed E-state index contributed by atoms with van der Waals surface area (Å²) in [6, 6.07) is 13.0. The van der Waals surface area contributed by atoms with Crippen LogP contribution in [0.3, 0.4) is 0 Å². The topological polar surface area (TPSA) is 87.0 Å². The molecule has 5 heteroatoms. The van der Waals surface area contributed by atoms with Crippen molar-refractivity contribution in [2.24, 2.45) is 0 Å². The Morgan fingerprint density at radius 3 is 2.07 bits per heavy atom. The van der Waals surface area contributed by atoms with Gasteiger partial charge in [0.15, 0.2) is 0 Å². The van der Waals surface area contributed by atoms with Crippen molar-refractivity contribution >= 4 is 12.0 Å². The predicted molar refractivity (Wildman–Crippen MR) is 174 cm³/mol. The molecule has 0 spiro atoms. The molecule has 1 unspecified atom stereocenters. The normalized spacial score (nSPS) is 14.2. The summed E-state index contributed by atoms with van der Waals surface area (Å²) in [4.78, 5) is 10.8. The third-order valence-electron chi connectivity index (χ3n) is 9.03. The number of aliphatic carboxylic acids is 1. The monoisotopic (exact) mass is 580 g/mol. The summed E-state index contributed by atoms with van der Waals surface area (Å²) in [7, 11) is 0. The summed E-state index contributed by atoms with van der Waals surface area (Å²) in [6.45, 7) is 13.0. The second-order valence-electron chi connectivity index (χ2n) is 12.0. The van der Waals surface area contributed by atoms with Crippen LogP contribution in [0.1, 0.15) is 133 Å². The zero-order valence-corrected chi connectivity index (χ0v) is 27.0. The highest BCUT2D eigenvalue weighted by Crippen LogP contribution is 2.41. The van der Waals surface area contributed by atoms with Crippen molar-refractivity contribution < 1.29 is 24.9 Å². The molecule has 234 valence electrons. The van der Waals surface area contributed by atoms with Gasteiger partial charge in [-0.25, -0.2) is 0 Å². The molecule has 2 aromatic carbocycles. The lowest BCUT2D eigenvalue weighted by Crippen LogP contribution is -2.26. The van der Waals surface area contributed by atoms with Crippen molar-refractivity contribution in [1.82, 2.24) is 0 Å². The highest BCUT2D eigenvalue weighted by molar-refractivity contribution is 5.66. The van der Waals surface area contributed by atoms with E-state index in [4.69, 9.17) is 9.84 Å². The van der Waals surface area contributed by atoms with E-state index in [1.165, 1.54) is 48.8 Å². The van der Waals surface area contributed by atoms with E-state index in [1.807, 2.05) is 19.1 Å². The molecule has 0 amide bonds. The Balaban J connectivity index is 2.19. The average Bonchev–Trinajstić information content (AvgIpc) is 2.98. The lowest BCUT2D eigenvalue weighted by molar-refractivity contribution is -0.137. The third-order valence-corrected chi connectivity index (χ3v) is 9.03. The van der Waals surface area contributed by atoms with Crippen LogP contribution in [0.5, 0.6) is 5.75 Å². The molecule has 0 aliphatic rings. The fourth-order valence-corrected chi connectivity index (χ4v) is 5.90. The molecule has 0 bridgehead atoms. The molecule has 0 aromatic heterocycles. The first-order chi connectivity index (χ1) is 20.0. The second kappa shape index (κ2) is 17.5. The van der Waals surface area contributed by atoms with Crippen molar-refractivity contribution in [1.29, 1.82) is 0 Å². The van der Waals surface area contributed by atoms with E-state index in [9.17, 15) is 15.0 Å². The van der Waals surface area contributed by atoms with E-state index in [-0.39, 0.29) is 24.9 Å². The first kappa shape index (κ1) is 35.6. The minimum absolute atomic E-state index is 0.0699. The summed E-state index contributed by atoms with van der Waals surface area (Å²) in [6.07, 6.45) is 14.1. The lowest BCUT2D eigenvalue weighted by atomic mass is 9.70. The molecule has 2 rings (SSSR count). The number of aliphatic hydroxyl groups is 2. The quantitative estimate of drug-likeness (QED) is 0.136. The van der Waals surface area contributed by atoms with Gasteiger partial charge in [0, 0.05) is 11.8 Å². The number of aryl methyl sites for hydroxylation is 2. The largest absolute Gasteiger partial charge is 0.491 e. The standard InChI is InChI=1S/C37H56O5/c1-7-11-12-13-14-15-23-36(41,8-2)24-22-30-16-17-31(25-28(30)5)37(9-3,10-4)32-18-20-34(29(6)26-32)42-27-33(38)19-21-35(39)40/h16-18,20,22,24-26,33,38,41H,7-15,19,21,23,27H2,1-6H3,(H,39,40)/b24-22+/t33-,36?/m0/s1. The Labute approximate surface area is 255 Å². The van der Waals surface area contributed by atoms with Gasteiger partial charge in [0.25, 0.3) is 0 Å². The molecule has 42 heavy (non-hydrogen) atoms. The maximum Gasteiger partial charge on any atom is 0.303 e. The zero-order chi connectivity index (χ0) is 31.2. The highest BCUT2D eigenvalue weighted by atomic mass is 16.5. The van der Waals surface area contributed by atoms with Gasteiger partial charge in [-0.15, -0.1) is 0 Å². The summed E-state index contributed by atoms with van der Waals surface area (Å²) in [5.74, 6) is -0.217. The van der Waals surface area contributed by atoms with E-state index in [1.54, 1.807) is 0 Å². The number of unbranched alkanes of at least 4 members (excludes halogenated alkanes) is 5. The van der Waals surface area contributed by atoms with Gasteiger partial charge in [-0.05, 0) is 79.8 Å². The van der Waals surface area contributed by atoms with E-state index >= 15 is 0 Å². The minimum atomic E-state index is -0.921. The Bertz CT molecular complexity index is 1130. The second-order valence-corrected chi connectivity index (χ2v) is 12.0. The Morgan fingerprint density at radius 1 is 0.881 bits per heavy atom. The van der Waals surface area contributed by atoms with E-state index in [0.29, 0.717) is 12.2 Å². The number of aliphatic hydroxyl groups excluding tert-OH is 1. The fraction of sp³-hybridized carbons (Fsp3) is 0.595. The van der Waals surface area contributed by atoms with Crippen molar-refractivity contribution in [2.45, 2.75) is 136 Å². The molecule has 0 fully saturated rings. The highest BCUT2D eigenvalue weighted by Gasteiger charge is 2.31. The number of hydrogen-bond acceptors (Lipinski definition) is 4. The Kier molecular flexibility index (Phi) is 14.8. The van der Waals surface area contributed by atoms with Gasteiger partial charge in [0.05, 0.1) is 11.7 Å². The molecular weight excluding hydrogens is 524 g/mol. The van der Waals surface area contributed by atoms with Crippen LogP contribution in [0.15, 0.2) is 42.5 Å². The molecule has 0 heterocycles. The molecule has 2 atom stereocenters. The van der Waals surface area contributed by atoms with Crippen LogP contribution in [0.4, 0.5) is 0 Å². The maximum atomic E-state index is 11.2. The van der Waals surface area contributed by atoms with Crippen LogP contribution in [0.2, 0.25) is 0 Å². The van der Waals surface area contributed by atoms with Crippen LogP contribution in [-0.2, 0) is 10.2 Å². The molecule has 5 nitrogen and oxygen atoms in total. The van der Waals surface area contributed by atoms with E-state index in [2.05, 4.69) is 71.0 Å². The minimum Gasteiger partial charge on any atom is -0.491 e. The van der Waals surface area contributed by atoms with Crippen LogP contribution in [0.25, 0.3) is 6.08 Å². The van der Waals surface area contributed by atoms with Crippen molar-refractivity contribution in [2.75, 3.05) is 6.61 Å². The number of carbonyl (C=O) groups is 1. The molecule has 3 N–H and O–H groups in total. The van der Waals surface area contributed by atoms with Crippen LogP contribution >= 0.6 is 0 Å². The van der Waals surface area contributed by atoms with Gasteiger partial charge in [-0.2, -0.15) is 0 Å². The van der Waals surface area contributed by atoms with Crippen molar-refractivity contribution in [3.05, 3.63) is 70.3 Å².